The zero-order valence-corrected chi connectivity index (χ0v) is 20.1. The predicted molar refractivity (Wildman–Crippen MR) is 122 cm³/mol. The summed E-state index contributed by atoms with van der Waals surface area (Å²) < 4.78 is 12.5. The van der Waals surface area contributed by atoms with E-state index in [0.29, 0.717) is 12.0 Å². The maximum atomic E-state index is 5.34. The Kier molecular flexibility index (Phi) is 11.9. The second-order valence-corrected chi connectivity index (χ2v) is 7.46. The van der Waals surface area contributed by atoms with Crippen LogP contribution >= 0.6 is 24.0 Å². The Hall–Kier alpha value is -0.940. The van der Waals surface area contributed by atoms with Gasteiger partial charge in [-0.15, -0.1) is 34.2 Å². The van der Waals surface area contributed by atoms with Gasteiger partial charge in [0.15, 0.2) is 11.8 Å². The number of halogens is 1. The summed E-state index contributed by atoms with van der Waals surface area (Å²) in [5.41, 5.74) is 0.312. The molecule has 1 aliphatic rings. The lowest BCUT2D eigenvalue weighted by Crippen LogP contribution is -2.44. The number of aromatic nitrogens is 3. The van der Waals surface area contributed by atoms with Crippen molar-refractivity contribution in [2.24, 2.45) is 17.5 Å². The van der Waals surface area contributed by atoms with Crippen LogP contribution in [0, 0.1) is 12.3 Å². The molecule has 1 heterocycles. The molecule has 0 saturated heterocycles. The Morgan fingerprint density at radius 3 is 2.46 bits per heavy atom. The Labute approximate surface area is 186 Å². The van der Waals surface area contributed by atoms with Crippen LogP contribution in [0.25, 0.3) is 0 Å². The van der Waals surface area contributed by atoms with Crippen molar-refractivity contribution in [2.45, 2.75) is 52.0 Å². The van der Waals surface area contributed by atoms with Crippen molar-refractivity contribution in [1.82, 2.24) is 25.4 Å². The van der Waals surface area contributed by atoms with Crippen LogP contribution in [0.15, 0.2) is 4.99 Å². The van der Waals surface area contributed by atoms with Gasteiger partial charge in [0.1, 0.15) is 12.4 Å². The number of nitrogens with one attached hydrogen (secondary N) is 2. The summed E-state index contributed by atoms with van der Waals surface area (Å²) in [5, 5.41) is 15.3. The predicted octanol–water partition coefficient (Wildman–Crippen LogP) is 2.41. The molecule has 0 spiro atoms. The number of ether oxygens (including phenoxy) is 2. The highest BCUT2D eigenvalue weighted by Gasteiger charge is 2.33. The third-order valence-corrected chi connectivity index (χ3v) is 5.51. The molecule has 1 aliphatic carbocycles. The second kappa shape index (κ2) is 13.3. The smallest absolute Gasteiger partial charge is 0.191 e. The number of methoxy groups -OCH3 is 2. The summed E-state index contributed by atoms with van der Waals surface area (Å²) in [6.45, 7) is 5.74. The van der Waals surface area contributed by atoms with E-state index in [2.05, 4.69) is 20.8 Å². The summed E-state index contributed by atoms with van der Waals surface area (Å²) in [7, 11) is 5.48. The van der Waals surface area contributed by atoms with Gasteiger partial charge in [-0.1, -0.05) is 12.8 Å². The van der Waals surface area contributed by atoms with Crippen LogP contribution in [-0.4, -0.2) is 61.2 Å². The van der Waals surface area contributed by atoms with Crippen LogP contribution in [0.3, 0.4) is 0 Å². The first-order valence-corrected chi connectivity index (χ1v) is 9.95. The molecule has 1 fully saturated rings. The topological polar surface area (TPSA) is 85.6 Å². The Morgan fingerprint density at radius 1 is 1.14 bits per heavy atom. The average Bonchev–Trinajstić information content (AvgIpc) is 3.27. The molecule has 0 atom stereocenters. The maximum Gasteiger partial charge on any atom is 0.191 e. The molecule has 8 nitrogen and oxygen atoms in total. The van der Waals surface area contributed by atoms with E-state index < -0.39 is 0 Å². The molecule has 0 amide bonds. The average molecular weight is 508 g/mol. The van der Waals surface area contributed by atoms with E-state index >= 15 is 0 Å². The standard InChI is InChI=1S/C19H36N6O2.HI/c1-16-23-24-17(25(16)2)14-21-18(20-11-7-12-26-3)22-15-19(10-13-27-4)8-5-6-9-19;/h5-15H2,1-4H3,(H2,20,21,22);1H. The lowest BCUT2D eigenvalue weighted by molar-refractivity contribution is 0.138. The number of hydrogen-bond donors (Lipinski definition) is 2. The first-order valence-electron chi connectivity index (χ1n) is 9.95. The van der Waals surface area contributed by atoms with Crippen LogP contribution in [0.2, 0.25) is 0 Å². The number of aliphatic imine (C=N–C) groups is 1. The normalized spacial score (nSPS) is 16.1. The van der Waals surface area contributed by atoms with Gasteiger partial charge in [0.05, 0.1) is 0 Å². The monoisotopic (exact) mass is 508 g/mol. The van der Waals surface area contributed by atoms with Gasteiger partial charge in [-0.3, -0.25) is 0 Å². The zero-order valence-electron chi connectivity index (χ0n) is 17.8. The molecule has 2 rings (SSSR count). The molecule has 1 saturated carbocycles. The summed E-state index contributed by atoms with van der Waals surface area (Å²) in [6.07, 6.45) is 7.14. The summed E-state index contributed by atoms with van der Waals surface area (Å²) >= 11 is 0. The van der Waals surface area contributed by atoms with Gasteiger partial charge in [-0.25, -0.2) is 4.99 Å². The molecule has 0 bridgehead atoms. The molecule has 0 aliphatic heterocycles. The fourth-order valence-corrected chi connectivity index (χ4v) is 3.57. The number of hydrogen-bond acceptors (Lipinski definition) is 5. The second-order valence-electron chi connectivity index (χ2n) is 7.46. The summed E-state index contributed by atoms with van der Waals surface area (Å²) in [6, 6.07) is 0. The van der Waals surface area contributed by atoms with Crippen LogP contribution in [0.1, 0.15) is 50.2 Å². The summed E-state index contributed by atoms with van der Waals surface area (Å²) in [5.74, 6) is 2.59. The van der Waals surface area contributed by atoms with E-state index in [1.54, 1.807) is 14.2 Å². The van der Waals surface area contributed by atoms with Gasteiger partial charge in [-0.2, -0.15) is 0 Å². The van der Waals surface area contributed by atoms with E-state index in [9.17, 15) is 0 Å². The Bertz CT molecular complexity index is 587. The van der Waals surface area contributed by atoms with Gasteiger partial charge in [0, 0.05) is 47.6 Å². The number of rotatable bonds is 11. The minimum absolute atomic E-state index is 0. The highest BCUT2D eigenvalue weighted by Crippen LogP contribution is 2.40. The molecule has 2 N–H and O–H groups in total. The minimum Gasteiger partial charge on any atom is -0.385 e. The molecule has 1 aromatic rings. The van der Waals surface area contributed by atoms with E-state index in [-0.39, 0.29) is 24.0 Å². The van der Waals surface area contributed by atoms with E-state index in [1.807, 2.05) is 18.5 Å². The fourth-order valence-electron chi connectivity index (χ4n) is 3.57. The molecular formula is C19H37IN6O2. The first kappa shape index (κ1) is 25.1. The van der Waals surface area contributed by atoms with Gasteiger partial charge in [0.2, 0.25) is 0 Å². The zero-order chi connectivity index (χ0) is 19.5. The van der Waals surface area contributed by atoms with Gasteiger partial charge < -0.3 is 24.7 Å². The van der Waals surface area contributed by atoms with Crippen molar-refractivity contribution in [1.29, 1.82) is 0 Å². The molecule has 1 aromatic heterocycles. The molecule has 0 radical (unpaired) electrons. The third kappa shape index (κ3) is 7.82. The SMILES string of the molecule is COCCCNC(=NCc1nnc(C)n1C)NCC1(CCOC)CCCC1.I. The lowest BCUT2D eigenvalue weighted by atomic mass is 9.83. The maximum absolute atomic E-state index is 5.34. The highest BCUT2D eigenvalue weighted by atomic mass is 127. The molecule has 0 unspecified atom stereocenters. The molecular weight excluding hydrogens is 471 g/mol. The number of aryl methyl sites for hydroxylation is 1. The molecule has 162 valence electrons. The van der Waals surface area contributed by atoms with Crippen molar-refractivity contribution in [2.75, 3.05) is 40.5 Å². The lowest BCUT2D eigenvalue weighted by Gasteiger charge is -2.30. The highest BCUT2D eigenvalue weighted by molar-refractivity contribution is 14.0. The number of guanidine groups is 1. The Balaban J connectivity index is 0.00000392. The van der Waals surface area contributed by atoms with Crippen LogP contribution in [0.4, 0.5) is 0 Å². The minimum atomic E-state index is 0. The third-order valence-electron chi connectivity index (χ3n) is 5.51. The van der Waals surface area contributed by atoms with Gasteiger partial charge in [-0.05, 0) is 38.0 Å². The summed E-state index contributed by atoms with van der Waals surface area (Å²) in [4.78, 5) is 4.74. The molecule has 0 aromatic carbocycles. The molecule has 9 heteroatoms. The van der Waals surface area contributed by atoms with Gasteiger partial charge >= 0.3 is 0 Å². The van der Waals surface area contributed by atoms with E-state index in [0.717, 1.165) is 56.8 Å². The van der Waals surface area contributed by atoms with Crippen LogP contribution < -0.4 is 10.6 Å². The van der Waals surface area contributed by atoms with Crippen molar-refractivity contribution in [3.05, 3.63) is 11.6 Å². The fraction of sp³-hybridized carbons (Fsp3) is 0.842. The van der Waals surface area contributed by atoms with Crippen LogP contribution in [-0.2, 0) is 23.1 Å². The largest absolute Gasteiger partial charge is 0.385 e. The number of nitrogens with zero attached hydrogens (tertiary/aromatic N) is 4. The van der Waals surface area contributed by atoms with Crippen LogP contribution in [0.5, 0.6) is 0 Å². The van der Waals surface area contributed by atoms with E-state index in [4.69, 9.17) is 14.5 Å². The van der Waals surface area contributed by atoms with Crippen molar-refractivity contribution in [3.63, 3.8) is 0 Å². The van der Waals surface area contributed by atoms with Crippen molar-refractivity contribution >= 4 is 29.9 Å². The van der Waals surface area contributed by atoms with Crippen molar-refractivity contribution < 1.29 is 9.47 Å². The first-order chi connectivity index (χ1) is 13.1. The van der Waals surface area contributed by atoms with E-state index in [1.165, 1.54) is 25.7 Å². The molecule has 28 heavy (non-hydrogen) atoms. The Morgan fingerprint density at radius 2 is 1.86 bits per heavy atom. The quantitative estimate of drug-likeness (QED) is 0.207. The van der Waals surface area contributed by atoms with Crippen molar-refractivity contribution in [3.8, 4) is 0 Å². The van der Waals surface area contributed by atoms with Gasteiger partial charge in [0.25, 0.3) is 0 Å².